The molecule has 1 N–H and O–H groups in total. The van der Waals surface area contributed by atoms with Gasteiger partial charge in [-0.2, -0.15) is 5.10 Å². The van der Waals surface area contributed by atoms with Crippen molar-refractivity contribution >= 4 is 11.4 Å². The molecule has 24 heavy (non-hydrogen) atoms. The molecule has 0 saturated heterocycles. The number of anilines is 2. The third kappa shape index (κ3) is 3.17. The van der Waals surface area contributed by atoms with E-state index in [-0.39, 0.29) is 5.56 Å². The maximum absolute atomic E-state index is 12.6. The number of nitrogens with zero attached hydrogens (tertiary/aromatic N) is 4. The van der Waals surface area contributed by atoms with Crippen LogP contribution in [0.3, 0.4) is 0 Å². The van der Waals surface area contributed by atoms with Gasteiger partial charge in [0.1, 0.15) is 5.69 Å². The van der Waals surface area contributed by atoms with Crippen LogP contribution in [0.4, 0.5) is 11.4 Å². The summed E-state index contributed by atoms with van der Waals surface area (Å²) in [5.41, 5.74) is 4.75. The van der Waals surface area contributed by atoms with Gasteiger partial charge in [0.15, 0.2) is 0 Å². The number of hydrogen-bond acceptors (Lipinski definition) is 5. The van der Waals surface area contributed by atoms with Crippen LogP contribution in [0.1, 0.15) is 18.1 Å². The molecule has 0 amide bonds. The molecular formula is C18H19N5O. The first kappa shape index (κ1) is 15.9. The van der Waals surface area contributed by atoms with Crippen LogP contribution in [0.25, 0.3) is 11.3 Å². The first-order valence-corrected chi connectivity index (χ1v) is 7.80. The Labute approximate surface area is 140 Å². The third-order valence-electron chi connectivity index (χ3n) is 3.75. The molecule has 0 fully saturated rings. The van der Waals surface area contributed by atoms with Gasteiger partial charge in [-0.25, -0.2) is 4.68 Å². The molecule has 0 aromatic carbocycles. The summed E-state index contributed by atoms with van der Waals surface area (Å²) in [6, 6.07) is 5.66. The van der Waals surface area contributed by atoms with E-state index in [0.717, 1.165) is 22.4 Å². The lowest BCUT2D eigenvalue weighted by Crippen LogP contribution is -2.25. The molecule has 0 atom stereocenters. The second-order valence-electron chi connectivity index (χ2n) is 5.63. The van der Waals surface area contributed by atoms with E-state index < -0.39 is 0 Å². The molecule has 0 aliphatic rings. The van der Waals surface area contributed by atoms with E-state index in [9.17, 15) is 4.79 Å². The Morgan fingerprint density at radius 2 is 1.92 bits per heavy atom. The van der Waals surface area contributed by atoms with Crippen molar-refractivity contribution in [2.75, 3.05) is 5.32 Å². The highest BCUT2D eigenvalue weighted by Gasteiger charge is 2.11. The molecule has 0 aliphatic carbocycles. The van der Waals surface area contributed by atoms with Crippen molar-refractivity contribution in [1.82, 2.24) is 19.7 Å². The predicted octanol–water partition coefficient (Wildman–Crippen LogP) is 3.08. The third-order valence-corrected chi connectivity index (χ3v) is 3.75. The van der Waals surface area contributed by atoms with Crippen LogP contribution in [0, 0.1) is 13.8 Å². The van der Waals surface area contributed by atoms with Crippen LogP contribution in [-0.2, 0) is 6.54 Å². The summed E-state index contributed by atoms with van der Waals surface area (Å²) < 4.78 is 1.45. The number of nitrogens with one attached hydrogen (secondary N) is 1. The molecule has 0 unspecified atom stereocenters. The smallest absolute Gasteiger partial charge is 0.290 e. The predicted molar refractivity (Wildman–Crippen MR) is 94.4 cm³/mol. The van der Waals surface area contributed by atoms with Crippen LogP contribution in [-0.4, -0.2) is 19.7 Å². The lowest BCUT2D eigenvalue weighted by atomic mass is 10.1. The van der Waals surface area contributed by atoms with Gasteiger partial charge in [0.05, 0.1) is 17.6 Å². The molecule has 3 aromatic heterocycles. The van der Waals surface area contributed by atoms with E-state index in [1.807, 2.05) is 32.9 Å². The Kier molecular flexibility index (Phi) is 4.37. The van der Waals surface area contributed by atoms with Crippen molar-refractivity contribution in [3.05, 3.63) is 64.5 Å². The first-order chi connectivity index (χ1) is 11.6. The first-order valence-electron chi connectivity index (χ1n) is 7.80. The molecule has 3 aromatic rings. The SMILES string of the molecule is CCn1nc(-c2cncc(C)c2)cc(Nc2cnccc2C)c1=O. The molecule has 122 valence electrons. The summed E-state index contributed by atoms with van der Waals surface area (Å²) in [5.74, 6) is 0. The van der Waals surface area contributed by atoms with E-state index in [1.54, 1.807) is 30.9 Å². The second kappa shape index (κ2) is 6.62. The Morgan fingerprint density at radius 1 is 1.08 bits per heavy atom. The number of aryl methyl sites for hydroxylation is 3. The van der Waals surface area contributed by atoms with Gasteiger partial charge in [-0.15, -0.1) is 0 Å². The molecule has 3 rings (SSSR count). The van der Waals surface area contributed by atoms with Crippen LogP contribution >= 0.6 is 0 Å². The number of aromatic nitrogens is 4. The van der Waals surface area contributed by atoms with Crippen molar-refractivity contribution < 1.29 is 0 Å². The van der Waals surface area contributed by atoms with Gasteiger partial charge in [-0.05, 0) is 50.1 Å². The van der Waals surface area contributed by atoms with Crippen molar-refractivity contribution in [1.29, 1.82) is 0 Å². The minimum atomic E-state index is -0.162. The fraction of sp³-hybridized carbons (Fsp3) is 0.222. The lowest BCUT2D eigenvalue weighted by molar-refractivity contribution is 0.621. The summed E-state index contributed by atoms with van der Waals surface area (Å²) in [4.78, 5) is 20.9. The van der Waals surface area contributed by atoms with E-state index in [1.165, 1.54) is 4.68 Å². The standard InChI is InChI=1S/C18H19N5O/c1-4-23-18(24)16(21-17-11-19-6-5-13(17)3)8-15(22-23)14-7-12(2)9-20-10-14/h5-11,21H,4H2,1-3H3. The number of rotatable bonds is 4. The van der Waals surface area contributed by atoms with Crippen LogP contribution in [0.15, 0.2) is 47.8 Å². The summed E-state index contributed by atoms with van der Waals surface area (Å²) in [6.45, 7) is 6.33. The molecule has 3 heterocycles. The van der Waals surface area contributed by atoms with Crippen molar-refractivity contribution in [2.45, 2.75) is 27.3 Å². The van der Waals surface area contributed by atoms with E-state index >= 15 is 0 Å². The molecule has 6 heteroatoms. The summed E-state index contributed by atoms with van der Waals surface area (Å²) >= 11 is 0. The van der Waals surface area contributed by atoms with Gasteiger partial charge in [-0.1, -0.05) is 0 Å². The minimum Gasteiger partial charge on any atom is -0.349 e. The van der Waals surface area contributed by atoms with Crippen molar-refractivity contribution in [2.24, 2.45) is 0 Å². The lowest BCUT2D eigenvalue weighted by Gasteiger charge is -2.12. The maximum Gasteiger partial charge on any atom is 0.290 e. The normalized spacial score (nSPS) is 10.6. The topological polar surface area (TPSA) is 72.7 Å². The fourth-order valence-electron chi connectivity index (χ4n) is 2.42. The Morgan fingerprint density at radius 3 is 2.62 bits per heavy atom. The zero-order valence-corrected chi connectivity index (χ0v) is 13.9. The van der Waals surface area contributed by atoms with Gasteiger partial charge in [0, 0.05) is 30.7 Å². The molecule has 0 aliphatic heterocycles. The Hall–Kier alpha value is -3.02. The van der Waals surface area contributed by atoms with Crippen LogP contribution < -0.4 is 10.9 Å². The molecule has 0 radical (unpaired) electrons. The average Bonchev–Trinajstić information content (AvgIpc) is 2.58. The quantitative estimate of drug-likeness (QED) is 0.799. The van der Waals surface area contributed by atoms with E-state index in [2.05, 4.69) is 20.4 Å². The van der Waals surface area contributed by atoms with Crippen molar-refractivity contribution in [3.8, 4) is 11.3 Å². The van der Waals surface area contributed by atoms with Crippen LogP contribution in [0.2, 0.25) is 0 Å². The monoisotopic (exact) mass is 321 g/mol. The molecule has 0 spiro atoms. The van der Waals surface area contributed by atoms with Crippen molar-refractivity contribution in [3.63, 3.8) is 0 Å². The number of hydrogen-bond donors (Lipinski definition) is 1. The molecule has 0 saturated carbocycles. The van der Waals surface area contributed by atoms with Gasteiger partial charge >= 0.3 is 0 Å². The highest BCUT2D eigenvalue weighted by molar-refractivity contribution is 5.67. The zero-order chi connectivity index (χ0) is 17.1. The van der Waals surface area contributed by atoms with Gasteiger partial charge in [-0.3, -0.25) is 14.8 Å². The second-order valence-corrected chi connectivity index (χ2v) is 5.63. The van der Waals surface area contributed by atoms with Crippen LogP contribution in [0.5, 0.6) is 0 Å². The highest BCUT2D eigenvalue weighted by atomic mass is 16.1. The Balaban J connectivity index is 2.10. The maximum atomic E-state index is 12.6. The van der Waals surface area contributed by atoms with Gasteiger partial charge in [0.2, 0.25) is 0 Å². The Bertz CT molecular complexity index is 933. The summed E-state index contributed by atoms with van der Waals surface area (Å²) in [7, 11) is 0. The molecule has 6 nitrogen and oxygen atoms in total. The molecular weight excluding hydrogens is 302 g/mol. The number of pyridine rings is 2. The average molecular weight is 321 g/mol. The zero-order valence-electron chi connectivity index (χ0n) is 13.9. The summed E-state index contributed by atoms with van der Waals surface area (Å²) in [6.07, 6.45) is 6.97. The fourth-order valence-corrected chi connectivity index (χ4v) is 2.42. The minimum absolute atomic E-state index is 0.162. The van der Waals surface area contributed by atoms with Gasteiger partial charge < -0.3 is 5.32 Å². The van der Waals surface area contributed by atoms with E-state index in [4.69, 9.17) is 0 Å². The van der Waals surface area contributed by atoms with Gasteiger partial charge in [0.25, 0.3) is 5.56 Å². The summed E-state index contributed by atoms with van der Waals surface area (Å²) in [5, 5.41) is 7.62. The molecule has 0 bridgehead atoms. The largest absolute Gasteiger partial charge is 0.349 e. The highest BCUT2D eigenvalue weighted by Crippen LogP contribution is 2.21. The van der Waals surface area contributed by atoms with E-state index in [0.29, 0.717) is 17.9 Å².